The molecule has 0 N–H and O–H groups in total. The maximum atomic E-state index is 4.29. The molecule has 20 heavy (non-hydrogen) atoms. The van der Waals surface area contributed by atoms with Gasteiger partial charge in [-0.05, 0) is 5.56 Å². The van der Waals surface area contributed by atoms with Gasteiger partial charge >= 0.3 is 0 Å². The van der Waals surface area contributed by atoms with Crippen LogP contribution in [-0.2, 0) is 19.5 Å². The Morgan fingerprint density at radius 1 is 1.15 bits per heavy atom. The third-order valence-electron chi connectivity index (χ3n) is 3.70. The zero-order chi connectivity index (χ0) is 13.8. The van der Waals surface area contributed by atoms with Gasteiger partial charge in [-0.15, -0.1) is 10.2 Å². The lowest BCUT2D eigenvalue weighted by Crippen LogP contribution is -2.34. The van der Waals surface area contributed by atoms with Crippen molar-refractivity contribution >= 4 is 6.08 Å². The van der Waals surface area contributed by atoms with Gasteiger partial charge in [-0.25, -0.2) is 0 Å². The highest BCUT2D eigenvalue weighted by molar-refractivity contribution is 5.48. The first-order valence-corrected chi connectivity index (χ1v) is 7.21. The van der Waals surface area contributed by atoms with Crippen molar-refractivity contribution in [3.63, 3.8) is 0 Å². The normalized spacial score (nSPS) is 15.7. The van der Waals surface area contributed by atoms with Crippen LogP contribution in [0.3, 0.4) is 0 Å². The molecule has 1 aromatic carbocycles. The Kier molecular flexibility index (Phi) is 3.92. The van der Waals surface area contributed by atoms with Crippen molar-refractivity contribution in [3.05, 3.63) is 53.6 Å². The first kappa shape index (κ1) is 13.1. The van der Waals surface area contributed by atoms with E-state index in [1.165, 1.54) is 5.56 Å². The average molecular weight is 268 g/mol. The smallest absolute Gasteiger partial charge is 0.147 e. The largest absolute Gasteiger partial charge is 0.313 e. The van der Waals surface area contributed by atoms with E-state index >= 15 is 0 Å². The van der Waals surface area contributed by atoms with Crippen molar-refractivity contribution in [2.24, 2.45) is 0 Å². The molecule has 0 saturated heterocycles. The quantitative estimate of drug-likeness (QED) is 0.853. The van der Waals surface area contributed by atoms with E-state index in [-0.39, 0.29) is 0 Å². The fourth-order valence-electron chi connectivity index (χ4n) is 2.59. The lowest BCUT2D eigenvalue weighted by molar-refractivity contribution is 0.237. The van der Waals surface area contributed by atoms with Gasteiger partial charge in [0.1, 0.15) is 11.6 Å². The van der Waals surface area contributed by atoms with Gasteiger partial charge in [0.2, 0.25) is 0 Å². The van der Waals surface area contributed by atoms with E-state index in [9.17, 15) is 0 Å². The summed E-state index contributed by atoms with van der Waals surface area (Å²) < 4.78 is 2.26. The van der Waals surface area contributed by atoms with Gasteiger partial charge in [-0.2, -0.15) is 0 Å². The topological polar surface area (TPSA) is 34.0 Å². The Hall–Kier alpha value is -1.94. The molecule has 4 nitrogen and oxygen atoms in total. The van der Waals surface area contributed by atoms with Gasteiger partial charge in [-0.3, -0.25) is 4.90 Å². The molecule has 2 aromatic rings. The Labute approximate surface area is 119 Å². The van der Waals surface area contributed by atoms with Crippen LogP contribution in [0.15, 0.2) is 36.4 Å². The molecule has 1 aliphatic heterocycles. The lowest BCUT2D eigenvalue weighted by atomic mass is 10.2. The van der Waals surface area contributed by atoms with E-state index in [4.69, 9.17) is 0 Å². The molecule has 1 aromatic heterocycles. The predicted octanol–water partition coefficient (Wildman–Crippen LogP) is 2.37. The molecule has 1 aliphatic rings. The first-order valence-electron chi connectivity index (χ1n) is 7.21. The summed E-state index contributed by atoms with van der Waals surface area (Å²) >= 11 is 0. The van der Waals surface area contributed by atoms with Crippen molar-refractivity contribution in [2.75, 3.05) is 13.1 Å². The van der Waals surface area contributed by atoms with Crippen LogP contribution in [0, 0.1) is 0 Å². The van der Waals surface area contributed by atoms with E-state index in [1.54, 1.807) is 0 Å². The zero-order valence-electron chi connectivity index (χ0n) is 11.9. The molecule has 104 valence electrons. The molecule has 4 heteroatoms. The molecule has 2 heterocycles. The van der Waals surface area contributed by atoms with E-state index in [0.717, 1.165) is 44.2 Å². The van der Waals surface area contributed by atoms with Crippen LogP contribution in [-0.4, -0.2) is 32.8 Å². The highest BCUT2D eigenvalue weighted by atomic mass is 15.3. The number of aryl methyl sites for hydroxylation is 1. The lowest BCUT2D eigenvalue weighted by Gasteiger charge is -2.26. The number of benzene rings is 1. The summed E-state index contributed by atoms with van der Waals surface area (Å²) in [4.78, 5) is 2.41. The van der Waals surface area contributed by atoms with Crippen LogP contribution in [0.5, 0.6) is 0 Å². The van der Waals surface area contributed by atoms with Crippen LogP contribution in [0.4, 0.5) is 0 Å². The molecule has 0 saturated carbocycles. The Morgan fingerprint density at radius 2 is 2.00 bits per heavy atom. The molecule has 0 atom stereocenters. The summed E-state index contributed by atoms with van der Waals surface area (Å²) in [6.45, 7) is 6.06. The summed E-state index contributed by atoms with van der Waals surface area (Å²) in [6, 6.07) is 10.4. The van der Waals surface area contributed by atoms with Crippen molar-refractivity contribution in [1.29, 1.82) is 0 Å². The Bertz CT molecular complexity index is 586. The summed E-state index contributed by atoms with van der Waals surface area (Å²) in [6.07, 6.45) is 5.36. The number of hydrogen-bond donors (Lipinski definition) is 0. The molecule has 0 fully saturated rings. The minimum Gasteiger partial charge on any atom is -0.313 e. The second-order valence-corrected chi connectivity index (χ2v) is 5.09. The number of fused-ring (bicyclic) bond motifs is 1. The third-order valence-corrected chi connectivity index (χ3v) is 3.70. The van der Waals surface area contributed by atoms with Gasteiger partial charge in [0.05, 0.1) is 6.54 Å². The fourth-order valence-corrected chi connectivity index (χ4v) is 2.59. The zero-order valence-corrected chi connectivity index (χ0v) is 11.9. The average Bonchev–Trinajstić information content (AvgIpc) is 2.90. The molecule has 0 spiro atoms. The van der Waals surface area contributed by atoms with Gasteiger partial charge in [0, 0.05) is 26.1 Å². The summed E-state index contributed by atoms with van der Waals surface area (Å²) in [5.74, 6) is 2.21. The maximum absolute atomic E-state index is 4.29. The maximum Gasteiger partial charge on any atom is 0.147 e. The van der Waals surface area contributed by atoms with Gasteiger partial charge < -0.3 is 4.57 Å². The summed E-state index contributed by atoms with van der Waals surface area (Å²) in [5, 5.41) is 8.54. The number of hydrogen-bond acceptors (Lipinski definition) is 3. The number of rotatable bonds is 4. The first-order chi connectivity index (χ1) is 9.86. The van der Waals surface area contributed by atoms with Gasteiger partial charge in [0.15, 0.2) is 0 Å². The monoisotopic (exact) mass is 268 g/mol. The highest BCUT2D eigenvalue weighted by Crippen LogP contribution is 2.12. The summed E-state index contributed by atoms with van der Waals surface area (Å²) in [5.41, 5.74) is 1.25. The fraction of sp³-hybridized carbons (Fsp3) is 0.375. The van der Waals surface area contributed by atoms with Crippen molar-refractivity contribution in [2.45, 2.75) is 26.4 Å². The number of aromatic nitrogens is 3. The van der Waals surface area contributed by atoms with E-state index in [0.29, 0.717) is 0 Å². The van der Waals surface area contributed by atoms with E-state index < -0.39 is 0 Å². The van der Waals surface area contributed by atoms with Crippen molar-refractivity contribution < 1.29 is 0 Å². The van der Waals surface area contributed by atoms with Crippen LogP contribution < -0.4 is 0 Å². The second-order valence-electron chi connectivity index (χ2n) is 5.09. The third kappa shape index (κ3) is 2.80. The SMILES string of the molecule is CCc1nnc2n1CCN(C/C=C\c1ccccc1)C2. The minimum absolute atomic E-state index is 0.895. The number of nitrogens with zero attached hydrogens (tertiary/aromatic N) is 4. The Morgan fingerprint density at radius 3 is 2.80 bits per heavy atom. The molecule has 0 unspecified atom stereocenters. The molecular weight excluding hydrogens is 248 g/mol. The van der Waals surface area contributed by atoms with Crippen molar-refractivity contribution in [3.8, 4) is 0 Å². The Balaban J connectivity index is 1.59. The highest BCUT2D eigenvalue weighted by Gasteiger charge is 2.19. The molecule has 3 rings (SSSR count). The van der Waals surface area contributed by atoms with Crippen LogP contribution >= 0.6 is 0 Å². The molecule has 0 bridgehead atoms. The van der Waals surface area contributed by atoms with Gasteiger partial charge in [0.25, 0.3) is 0 Å². The van der Waals surface area contributed by atoms with Crippen LogP contribution in [0.1, 0.15) is 24.1 Å². The van der Waals surface area contributed by atoms with E-state index in [1.807, 2.05) is 6.07 Å². The molecule has 0 amide bonds. The van der Waals surface area contributed by atoms with Gasteiger partial charge in [-0.1, -0.05) is 49.4 Å². The minimum atomic E-state index is 0.895. The molecule has 0 radical (unpaired) electrons. The predicted molar refractivity (Wildman–Crippen MR) is 80.2 cm³/mol. The van der Waals surface area contributed by atoms with Crippen LogP contribution in [0.2, 0.25) is 0 Å². The van der Waals surface area contributed by atoms with Crippen LogP contribution in [0.25, 0.3) is 6.08 Å². The van der Waals surface area contributed by atoms with Crippen molar-refractivity contribution in [1.82, 2.24) is 19.7 Å². The second kappa shape index (κ2) is 6.01. The molecular formula is C16H20N4. The summed E-state index contributed by atoms with van der Waals surface area (Å²) in [7, 11) is 0. The molecule has 0 aliphatic carbocycles. The standard InChI is InChI=1S/C16H20N4/c1-2-15-17-18-16-13-19(11-12-20(15)16)10-6-9-14-7-4-3-5-8-14/h3-9H,2,10-13H2,1H3/b9-6-. The van der Waals surface area contributed by atoms with E-state index in [2.05, 4.69) is 63.0 Å².